The van der Waals surface area contributed by atoms with Crippen molar-refractivity contribution in [3.63, 3.8) is 0 Å². The molecule has 0 radical (unpaired) electrons. The van der Waals surface area contributed by atoms with Gasteiger partial charge in [0.1, 0.15) is 11.4 Å². The molecule has 0 aliphatic carbocycles. The van der Waals surface area contributed by atoms with Gasteiger partial charge in [-0.1, -0.05) is 0 Å². The van der Waals surface area contributed by atoms with Gasteiger partial charge in [0.15, 0.2) is 17.5 Å². The Kier molecular flexibility index (Phi) is 31.1. The lowest BCUT2D eigenvalue weighted by Gasteiger charge is -2.09. The van der Waals surface area contributed by atoms with Gasteiger partial charge in [-0.3, -0.25) is 43.2 Å². The molecule has 34 nitrogen and oxygen atoms in total. The number of nitrogens with zero attached hydrogens (tertiary/aromatic N) is 8. The van der Waals surface area contributed by atoms with Gasteiger partial charge in [0.2, 0.25) is 29.4 Å². The van der Waals surface area contributed by atoms with Gasteiger partial charge < -0.3 is 108 Å². The zero-order valence-electron chi connectivity index (χ0n) is 50.6. The Morgan fingerprint density at radius 3 is 1.16 bits per heavy atom. The molecule has 5 heterocycles. The first-order valence-electron chi connectivity index (χ1n) is 28.4. The second-order valence-corrected chi connectivity index (χ2v) is 19.3. The molecule has 0 aromatic carbocycles. The molecule has 0 fully saturated rings. The lowest BCUT2D eigenvalue weighted by atomic mass is 10.3. The number of carboxylic acid groups (broad SMARTS) is 1. The number of ether oxygens (including phenoxy) is 8. The molecule has 5 rings (SSSR count). The lowest BCUT2D eigenvalue weighted by molar-refractivity contribution is -0.138. The highest BCUT2D eigenvalue weighted by Gasteiger charge is 2.21. The fourth-order valence-corrected chi connectivity index (χ4v) is 7.84. The van der Waals surface area contributed by atoms with Gasteiger partial charge in [-0.05, 0) is 12.1 Å². The van der Waals surface area contributed by atoms with Crippen LogP contribution < -0.4 is 42.5 Å². The van der Waals surface area contributed by atoms with Gasteiger partial charge in [-0.2, -0.15) is 0 Å². The fourth-order valence-electron chi connectivity index (χ4n) is 7.84. The summed E-state index contributed by atoms with van der Waals surface area (Å²) in [6, 6.07) is 2.93. The molecule has 0 saturated carbocycles. The van der Waals surface area contributed by atoms with E-state index in [0.717, 1.165) is 0 Å². The van der Waals surface area contributed by atoms with Crippen LogP contribution in [0.1, 0.15) is 78.5 Å². The summed E-state index contributed by atoms with van der Waals surface area (Å²) in [5.41, 5.74) is 1.06. The maximum atomic E-state index is 13.2. The van der Waals surface area contributed by atoms with E-state index in [1.54, 1.807) is 52.2 Å². The zero-order chi connectivity index (χ0) is 64.3. The van der Waals surface area contributed by atoms with Crippen LogP contribution in [0, 0.1) is 0 Å². The summed E-state index contributed by atoms with van der Waals surface area (Å²) in [5, 5.41) is 29.8. The first-order chi connectivity index (χ1) is 42.9. The molecule has 5 aromatic rings. The molecule has 0 unspecified atom stereocenters. The monoisotopic (exact) mass is 1250 g/mol. The average molecular weight is 1250 g/mol. The van der Waals surface area contributed by atoms with Crippen molar-refractivity contribution in [1.82, 2.24) is 59.1 Å². The van der Waals surface area contributed by atoms with E-state index in [9.17, 15) is 43.2 Å². The Morgan fingerprint density at radius 1 is 0.382 bits per heavy atom. The van der Waals surface area contributed by atoms with E-state index < -0.39 is 47.3 Å². The third-order valence-corrected chi connectivity index (χ3v) is 12.3. The van der Waals surface area contributed by atoms with Crippen LogP contribution in [0.4, 0.5) is 23.0 Å². The number of aliphatic carboxylic acids is 1. The Balaban J connectivity index is 0.841. The molecular weight excluding hydrogens is 1170 g/mol. The molecule has 9 N–H and O–H groups in total. The van der Waals surface area contributed by atoms with Crippen molar-refractivity contribution in [2.45, 2.75) is 25.7 Å². The highest BCUT2D eigenvalue weighted by Crippen LogP contribution is 2.17. The summed E-state index contributed by atoms with van der Waals surface area (Å²) in [6.07, 6.45) is 8.79. The molecule has 0 atom stereocenters. The van der Waals surface area contributed by atoms with Crippen molar-refractivity contribution in [3.05, 3.63) is 78.2 Å². The number of carbonyl (C=O) groups excluding carboxylic acids is 8. The van der Waals surface area contributed by atoms with Crippen LogP contribution in [0.15, 0.2) is 49.3 Å². The quantitative estimate of drug-likeness (QED) is 0.0220. The van der Waals surface area contributed by atoms with Crippen LogP contribution in [0.5, 0.6) is 0 Å². The number of hydrogen-bond donors (Lipinski definition) is 9. The van der Waals surface area contributed by atoms with Gasteiger partial charge in [0.25, 0.3) is 29.5 Å². The van der Waals surface area contributed by atoms with Crippen molar-refractivity contribution < 1.29 is 86.2 Å². The number of aromatic nitrogens is 8. The van der Waals surface area contributed by atoms with Crippen molar-refractivity contribution in [1.29, 1.82) is 0 Å². The van der Waals surface area contributed by atoms with Crippen LogP contribution in [-0.4, -0.2) is 228 Å². The first kappa shape index (κ1) is 70.9. The Labute approximate surface area is 512 Å². The molecule has 89 heavy (non-hydrogen) atoms. The molecule has 0 aliphatic heterocycles. The molecule has 0 saturated heterocycles. The van der Waals surface area contributed by atoms with Gasteiger partial charge in [0.05, 0.1) is 124 Å². The minimum absolute atomic E-state index is 0.000544. The largest absolute Gasteiger partial charge is 0.481 e. The van der Waals surface area contributed by atoms with Crippen molar-refractivity contribution in [2.75, 3.05) is 153 Å². The molecular formula is C55H80N16O18. The Morgan fingerprint density at radius 2 is 0.753 bits per heavy atom. The van der Waals surface area contributed by atoms with E-state index in [2.05, 4.69) is 57.5 Å². The average Bonchev–Trinajstić information content (AvgIpc) is 3.94. The van der Waals surface area contributed by atoms with E-state index in [1.807, 2.05) is 0 Å². The van der Waals surface area contributed by atoms with Crippen LogP contribution in [-0.2, 0) is 92.3 Å². The summed E-state index contributed by atoms with van der Waals surface area (Å²) in [7, 11) is 8.03. The van der Waals surface area contributed by atoms with E-state index >= 15 is 0 Å². The minimum Gasteiger partial charge on any atom is -0.481 e. The number of hydrogen-bond acceptors (Lipinski definition) is 20. The summed E-state index contributed by atoms with van der Waals surface area (Å²) < 4.78 is 50.6. The predicted octanol–water partition coefficient (Wildman–Crippen LogP) is -0.571. The fraction of sp³-hybridized carbons (Fsp3) is 0.527. The number of aryl methyl sites for hydroxylation is 5. The lowest BCUT2D eigenvalue weighted by Crippen LogP contribution is -2.33. The molecule has 0 aliphatic rings. The molecule has 5 aromatic heterocycles. The Bertz CT molecular complexity index is 3090. The molecule has 0 bridgehead atoms. The van der Waals surface area contributed by atoms with E-state index in [0.29, 0.717) is 98.2 Å². The van der Waals surface area contributed by atoms with Crippen LogP contribution >= 0.6 is 0 Å². The predicted molar refractivity (Wildman–Crippen MR) is 316 cm³/mol. The van der Waals surface area contributed by atoms with Gasteiger partial charge >= 0.3 is 5.97 Å². The SMILES string of the molecule is Cn1cc(NC(=O)c2nc(NC(=O)CCNC(=O)c3cc(NC(=O)c4nccn4C)cn3C)cn2C)cc1C(=O)NCCC(=O)Nc1cn(C)c(C(=O)NCCC(=O)NCCOCCOCCOCCOCCOCCOCCOCCOCCC(=O)O)n1. The van der Waals surface area contributed by atoms with E-state index in [4.69, 9.17) is 43.0 Å². The summed E-state index contributed by atoms with van der Waals surface area (Å²) in [5.74, 6) is -4.53. The van der Waals surface area contributed by atoms with Crippen LogP contribution in [0.2, 0.25) is 0 Å². The van der Waals surface area contributed by atoms with Gasteiger partial charge in [-0.15, -0.1) is 0 Å². The summed E-state index contributed by atoms with van der Waals surface area (Å²) >= 11 is 0. The molecule has 488 valence electrons. The maximum Gasteiger partial charge on any atom is 0.305 e. The number of rotatable bonds is 45. The molecule has 8 amide bonds. The van der Waals surface area contributed by atoms with Crippen LogP contribution in [0.3, 0.4) is 0 Å². The molecule has 34 heteroatoms. The topological polar surface area (TPSA) is 407 Å². The highest BCUT2D eigenvalue weighted by atomic mass is 16.6. The summed E-state index contributed by atoms with van der Waals surface area (Å²) in [6.45, 7) is 6.08. The normalized spacial score (nSPS) is 11.1. The second-order valence-electron chi connectivity index (χ2n) is 19.3. The minimum atomic E-state index is -0.899. The highest BCUT2D eigenvalue weighted by molar-refractivity contribution is 6.04. The number of nitrogens with one attached hydrogen (secondary N) is 8. The second kappa shape index (κ2) is 39.1. The Hall–Kier alpha value is -8.90. The van der Waals surface area contributed by atoms with Crippen LogP contribution in [0.25, 0.3) is 0 Å². The number of carbonyl (C=O) groups is 9. The molecule has 0 spiro atoms. The van der Waals surface area contributed by atoms with E-state index in [-0.39, 0.29) is 117 Å². The number of amides is 8. The van der Waals surface area contributed by atoms with Gasteiger partial charge in [-0.25, -0.2) is 15.0 Å². The smallest absolute Gasteiger partial charge is 0.305 e. The van der Waals surface area contributed by atoms with E-state index in [1.165, 1.54) is 55.2 Å². The zero-order valence-corrected chi connectivity index (χ0v) is 50.6. The number of carboxylic acids is 1. The first-order valence-corrected chi connectivity index (χ1v) is 28.4. The summed E-state index contributed by atoms with van der Waals surface area (Å²) in [4.78, 5) is 125. The van der Waals surface area contributed by atoms with Crippen molar-refractivity contribution >= 4 is 76.2 Å². The van der Waals surface area contributed by atoms with Crippen molar-refractivity contribution in [3.8, 4) is 0 Å². The standard InChI is InChI=1S/C55H80N16O18/c1-67-15-13-57-48(67)54(80)61-38-32-40(68(2)34-38)51(77)58-12-8-46(74)64-43-37-71(5)50(66-43)55(81)62-39-33-41(69(3)35-39)52(78)59-11-7-45(73)63-42-36-70(4)49(65-42)53(79)60-10-6-44(72)56-14-17-83-19-21-85-23-25-87-27-29-89-31-30-88-28-26-86-24-22-84-20-18-82-16-9-47(75)76/h13,15,32-37H,6-12,14,16-31H2,1-5H3,(H,56,72)(H,58,77)(H,59,78)(H,60,79)(H,61,80)(H,62,81)(H,63,73)(H,64,74)(H,75,76). The number of imidazole rings is 3. The third-order valence-electron chi connectivity index (χ3n) is 12.3. The maximum absolute atomic E-state index is 13.2. The number of anilines is 4. The van der Waals surface area contributed by atoms with Gasteiger partial charge in [0, 0.05) is 118 Å². The third kappa shape index (κ3) is 26.5. The van der Waals surface area contributed by atoms with Crippen molar-refractivity contribution in [2.24, 2.45) is 35.2 Å².